The van der Waals surface area contributed by atoms with Gasteiger partial charge in [-0.1, -0.05) is 6.92 Å². The van der Waals surface area contributed by atoms with Crippen LogP contribution in [0.4, 0.5) is 0 Å². The Balaban J connectivity index is 1.76. The highest BCUT2D eigenvalue weighted by Gasteiger charge is 2.35. The van der Waals surface area contributed by atoms with Gasteiger partial charge >= 0.3 is 0 Å². The molecule has 19 heavy (non-hydrogen) atoms. The quantitative estimate of drug-likeness (QED) is 0.903. The number of nitrogens with zero attached hydrogens (tertiary/aromatic N) is 1. The molecule has 1 aromatic rings. The van der Waals surface area contributed by atoms with Gasteiger partial charge in [-0.2, -0.15) is 0 Å². The molecule has 2 heterocycles. The first kappa shape index (κ1) is 13.1. The van der Waals surface area contributed by atoms with E-state index in [0.29, 0.717) is 6.54 Å². The molecule has 4 heteroatoms. The molecule has 0 aromatic carbocycles. The Hall–Kier alpha value is -0.870. The summed E-state index contributed by atoms with van der Waals surface area (Å²) in [5, 5.41) is 0. The molecule has 3 rings (SSSR count). The summed E-state index contributed by atoms with van der Waals surface area (Å²) in [4.78, 5) is 16.9. The predicted molar refractivity (Wildman–Crippen MR) is 78.6 cm³/mol. The van der Waals surface area contributed by atoms with Crippen molar-refractivity contribution in [1.29, 1.82) is 0 Å². The van der Waals surface area contributed by atoms with E-state index >= 15 is 0 Å². The first-order valence-electron chi connectivity index (χ1n) is 7.22. The molecule has 1 aromatic heterocycles. The minimum absolute atomic E-state index is 0.118. The first-order chi connectivity index (χ1) is 9.11. The highest BCUT2D eigenvalue weighted by molar-refractivity contribution is 7.14. The summed E-state index contributed by atoms with van der Waals surface area (Å²) in [5.74, 6) is 0.219. The second-order valence-electron chi connectivity index (χ2n) is 6.26. The van der Waals surface area contributed by atoms with Crippen molar-refractivity contribution in [1.82, 2.24) is 4.90 Å². The lowest BCUT2D eigenvalue weighted by molar-refractivity contribution is 0.0781. The van der Waals surface area contributed by atoms with E-state index in [1.54, 1.807) is 11.3 Å². The topological polar surface area (TPSA) is 46.3 Å². The van der Waals surface area contributed by atoms with Crippen molar-refractivity contribution >= 4 is 17.2 Å². The zero-order valence-electron chi connectivity index (χ0n) is 11.6. The van der Waals surface area contributed by atoms with Gasteiger partial charge in [0, 0.05) is 18.0 Å². The summed E-state index contributed by atoms with van der Waals surface area (Å²) in [5.41, 5.74) is 7.35. The molecule has 0 bridgehead atoms. The van der Waals surface area contributed by atoms with Crippen LogP contribution in [0.15, 0.2) is 6.07 Å². The maximum atomic E-state index is 12.6. The van der Waals surface area contributed by atoms with Crippen molar-refractivity contribution in [2.24, 2.45) is 11.1 Å². The lowest BCUT2D eigenvalue weighted by Crippen LogP contribution is -2.34. The van der Waals surface area contributed by atoms with E-state index in [0.717, 1.165) is 37.2 Å². The number of aryl methyl sites for hydroxylation is 2. The normalized spacial score (nSPS) is 26.5. The number of nitrogens with two attached hydrogens (primary N) is 1. The molecule has 104 valence electrons. The van der Waals surface area contributed by atoms with Crippen LogP contribution in [0.1, 0.15) is 46.3 Å². The lowest BCUT2D eigenvalue weighted by Gasteiger charge is -2.22. The minimum Gasteiger partial charge on any atom is -0.337 e. The summed E-state index contributed by atoms with van der Waals surface area (Å²) < 4.78 is 0. The Labute approximate surface area is 118 Å². The fraction of sp³-hybridized carbons (Fsp3) is 0.667. The van der Waals surface area contributed by atoms with Crippen LogP contribution in [0.5, 0.6) is 0 Å². The van der Waals surface area contributed by atoms with Gasteiger partial charge < -0.3 is 10.6 Å². The van der Waals surface area contributed by atoms with E-state index < -0.39 is 0 Å². The summed E-state index contributed by atoms with van der Waals surface area (Å²) in [6.45, 7) is 4.51. The Morgan fingerprint density at radius 1 is 1.47 bits per heavy atom. The second kappa shape index (κ2) is 4.91. The number of hydrogen-bond donors (Lipinski definition) is 1. The Kier molecular flexibility index (Phi) is 3.39. The molecule has 1 atom stereocenters. The average Bonchev–Trinajstić information content (AvgIpc) is 3.02. The van der Waals surface area contributed by atoms with Gasteiger partial charge in [-0.3, -0.25) is 4.79 Å². The van der Waals surface area contributed by atoms with Crippen molar-refractivity contribution in [3.05, 3.63) is 21.4 Å². The number of carbonyl (C=O) groups is 1. The molecular weight excluding hydrogens is 256 g/mol. The highest BCUT2D eigenvalue weighted by atomic mass is 32.1. The van der Waals surface area contributed by atoms with Gasteiger partial charge in [0.25, 0.3) is 5.91 Å². The molecule has 0 spiro atoms. The third kappa shape index (κ3) is 2.43. The Bertz CT molecular complexity index is 473. The zero-order valence-corrected chi connectivity index (χ0v) is 12.4. The number of hydrogen-bond acceptors (Lipinski definition) is 3. The van der Waals surface area contributed by atoms with Crippen molar-refractivity contribution in [2.45, 2.75) is 39.0 Å². The molecule has 0 saturated carbocycles. The molecule has 1 aliphatic carbocycles. The molecule has 1 amide bonds. The van der Waals surface area contributed by atoms with E-state index in [-0.39, 0.29) is 11.3 Å². The highest BCUT2D eigenvalue weighted by Crippen LogP contribution is 2.33. The van der Waals surface area contributed by atoms with Gasteiger partial charge in [-0.25, -0.2) is 0 Å². The fourth-order valence-corrected chi connectivity index (χ4v) is 4.34. The lowest BCUT2D eigenvalue weighted by atomic mass is 9.90. The van der Waals surface area contributed by atoms with Gasteiger partial charge in [-0.15, -0.1) is 11.3 Å². The van der Waals surface area contributed by atoms with Gasteiger partial charge in [0.1, 0.15) is 0 Å². The molecule has 1 unspecified atom stereocenters. The number of fused-ring (bicyclic) bond motifs is 1. The molecule has 2 N–H and O–H groups in total. The summed E-state index contributed by atoms with van der Waals surface area (Å²) >= 11 is 1.72. The summed E-state index contributed by atoms with van der Waals surface area (Å²) in [6, 6.07) is 2.14. The van der Waals surface area contributed by atoms with Crippen molar-refractivity contribution in [3.63, 3.8) is 0 Å². The van der Waals surface area contributed by atoms with E-state index in [4.69, 9.17) is 5.73 Å². The third-order valence-electron chi connectivity index (χ3n) is 4.55. The maximum absolute atomic E-state index is 12.6. The molecule has 0 radical (unpaired) electrons. The Morgan fingerprint density at radius 2 is 2.26 bits per heavy atom. The zero-order chi connectivity index (χ0) is 13.5. The maximum Gasteiger partial charge on any atom is 0.263 e. The van der Waals surface area contributed by atoms with Crippen LogP contribution in [-0.4, -0.2) is 30.4 Å². The van der Waals surface area contributed by atoms with E-state index in [1.807, 2.05) is 4.90 Å². The molecule has 3 nitrogen and oxygen atoms in total. The number of thiophene rings is 1. The first-order valence-corrected chi connectivity index (χ1v) is 8.04. The van der Waals surface area contributed by atoms with Gasteiger partial charge in [0.05, 0.1) is 4.88 Å². The predicted octanol–water partition coefficient (Wildman–Crippen LogP) is 2.44. The van der Waals surface area contributed by atoms with Crippen LogP contribution in [0, 0.1) is 5.41 Å². The van der Waals surface area contributed by atoms with Crippen LogP contribution in [0.2, 0.25) is 0 Å². The van der Waals surface area contributed by atoms with Crippen LogP contribution in [0.25, 0.3) is 0 Å². The van der Waals surface area contributed by atoms with Gasteiger partial charge in [0.2, 0.25) is 0 Å². The fourth-order valence-electron chi connectivity index (χ4n) is 3.12. The molecule has 1 aliphatic heterocycles. The average molecular weight is 278 g/mol. The molecule has 1 fully saturated rings. The number of likely N-dealkylation sites (tertiary alicyclic amines) is 1. The monoisotopic (exact) mass is 278 g/mol. The van der Waals surface area contributed by atoms with E-state index in [9.17, 15) is 4.79 Å². The third-order valence-corrected chi connectivity index (χ3v) is 5.77. The van der Waals surface area contributed by atoms with Crippen LogP contribution < -0.4 is 5.73 Å². The number of carbonyl (C=O) groups excluding carboxylic acids is 1. The van der Waals surface area contributed by atoms with Gasteiger partial charge in [0.15, 0.2) is 0 Å². The molecule has 2 aliphatic rings. The minimum atomic E-state index is 0.118. The van der Waals surface area contributed by atoms with Gasteiger partial charge in [-0.05, 0) is 55.7 Å². The van der Waals surface area contributed by atoms with E-state index in [1.165, 1.54) is 23.3 Å². The van der Waals surface area contributed by atoms with Crippen molar-refractivity contribution in [2.75, 3.05) is 19.6 Å². The SMILES string of the molecule is CC1(CN)CCN(C(=O)c2cc3c(s2)CCCC3)C1. The smallest absolute Gasteiger partial charge is 0.263 e. The van der Waals surface area contributed by atoms with Crippen molar-refractivity contribution in [3.8, 4) is 0 Å². The standard InChI is InChI=1S/C15H22N2OS/c1-15(9-16)6-7-17(10-15)14(18)13-8-11-4-2-3-5-12(11)19-13/h8H,2-7,9-10,16H2,1H3. The largest absolute Gasteiger partial charge is 0.337 e. The Morgan fingerprint density at radius 3 is 2.95 bits per heavy atom. The van der Waals surface area contributed by atoms with Crippen molar-refractivity contribution < 1.29 is 4.79 Å². The summed E-state index contributed by atoms with van der Waals surface area (Å²) in [6.07, 6.45) is 5.89. The van der Waals surface area contributed by atoms with Crippen LogP contribution in [0.3, 0.4) is 0 Å². The summed E-state index contributed by atoms with van der Waals surface area (Å²) in [7, 11) is 0. The number of amides is 1. The molecule has 1 saturated heterocycles. The van der Waals surface area contributed by atoms with E-state index in [2.05, 4.69) is 13.0 Å². The van der Waals surface area contributed by atoms with Crippen LogP contribution in [-0.2, 0) is 12.8 Å². The van der Waals surface area contributed by atoms with Crippen LogP contribution >= 0.6 is 11.3 Å². The number of rotatable bonds is 2. The molecular formula is C15H22N2OS. The second-order valence-corrected chi connectivity index (χ2v) is 7.39.